The highest BCUT2D eigenvalue weighted by atomic mass is 16.6. The van der Waals surface area contributed by atoms with Gasteiger partial charge in [0.25, 0.3) is 0 Å². The van der Waals surface area contributed by atoms with Gasteiger partial charge in [-0.2, -0.15) is 0 Å². The minimum Gasteiger partial charge on any atom is -0.371 e. The molecular formula is C45H46O2. The summed E-state index contributed by atoms with van der Waals surface area (Å²) in [6, 6.07) is 53.4. The van der Waals surface area contributed by atoms with Gasteiger partial charge >= 0.3 is 0 Å². The van der Waals surface area contributed by atoms with Gasteiger partial charge < -0.3 is 9.47 Å². The Morgan fingerprint density at radius 3 is 1.23 bits per heavy atom. The summed E-state index contributed by atoms with van der Waals surface area (Å²) in [5, 5.41) is 0. The van der Waals surface area contributed by atoms with E-state index in [2.05, 4.69) is 198 Å². The molecule has 5 aromatic rings. The van der Waals surface area contributed by atoms with Crippen LogP contribution in [0.5, 0.6) is 0 Å². The molecule has 5 aromatic carbocycles. The summed E-state index contributed by atoms with van der Waals surface area (Å²) in [6.07, 6.45) is 9.06. The van der Waals surface area contributed by atoms with E-state index >= 15 is 0 Å². The van der Waals surface area contributed by atoms with Crippen LogP contribution < -0.4 is 0 Å². The highest BCUT2D eigenvalue weighted by Crippen LogP contribution is 2.51. The minimum atomic E-state index is -0.856. The lowest BCUT2D eigenvalue weighted by atomic mass is 9.59. The van der Waals surface area contributed by atoms with E-state index in [9.17, 15) is 0 Å². The Morgan fingerprint density at radius 2 is 0.872 bits per heavy atom. The van der Waals surface area contributed by atoms with Crippen molar-refractivity contribution >= 4 is 0 Å². The maximum absolute atomic E-state index is 7.50. The summed E-state index contributed by atoms with van der Waals surface area (Å²) in [4.78, 5) is 0. The van der Waals surface area contributed by atoms with Crippen LogP contribution in [0.1, 0.15) is 68.4 Å². The van der Waals surface area contributed by atoms with Crippen molar-refractivity contribution in [2.75, 3.05) is 6.61 Å². The molecule has 0 heterocycles. The lowest BCUT2D eigenvalue weighted by Gasteiger charge is -2.50. The predicted molar refractivity (Wildman–Crippen MR) is 195 cm³/mol. The van der Waals surface area contributed by atoms with Crippen LogP contribution in [-0.4, -0.2) is 17.8 Å². The molecule has 238 valence electrons. The SMILES string of the molecule is CC(C)(COC(C)(C)C(C1=CCCC=C1)(c1ccccc1)c1ccccc1)OC(c1ccccc1)(c1ccccc1)c1ccccc1. The summed E-state index contributed by atoms with van der Waals surface area (Å²) >= 11 is 0. The highest BCUT2D eigenvalue weighted by Gasteiger charge is 2.52. The van der Waals surface area contributed by atoms with Crippen molar-refractivity contribution in [2.45, 2.75) is 62.8 Å². The third-order valence-electron chi connectivity index (χ3n) is 9.50. The first-order valence-corrected chi connectivity index (χ1v) is 16.8. The normalized spacial score (nSPS) is 14.1. The van der Waals surface area contributed by atoms with Gasteiger partial charge in [-0.25, -0.2) is 0 Å². The van der Waals surface area contributed by atoms with Crippen LogP contribution in [0.15, 0.2) is 175 Å². The zero-order valence-corrected chi connectivity index (χ0v) is 28.1. The number of ether oxygens (including phenoxy) is 2. The predicted octanol–water partition coefficient (Wildman–Crippen LogP) is 10.8. The van der Waals surface area contributed by atoms with Crippen LogP contribution in [-0.2, 0) is 20.5 Å². The highest BCUT2D eigenvalue weighted by molar-refractivity contribution is 5.56. The molecule has 0 saturated heterocycles. The zero-order valence-electron chi connectivity index (χ0n) is 28.1. The van der Waals surface area contributed by atoms with Crippen LogP contribution >= 0.6 is 0 Å². The fourth-order valence-electron chi connectivity index (χ4n) is 7.41. The smallest absolute Gasteiger partial charge is 0.144 e. The third-order valence-corrected chi connectivity index (χ3v) is 9.50. The first-order chi connectivity index (χ1) is 22.8. The summed E-state index contributed by atoms with van der Waals surface area (Å²) < 4.78 is 14.8. The van der Waals surface area contributed by atoms with E-state index in [1.807, 2.05) is 0 Å². The number of rotatable bonds is 12. The molecule has 2 nitrogen and oxygen atoms in total. The number of benzene rings is 5. The Labute approximate surface area is 281 Å². The van der Waals surface area contributed by atoms with Crippen molar-refractivity contribution < 1.29 is 9.47 Å². The Balaban J connectivity index is 1.45. The van der Waals surface area contributed by atoms with E-state index in [1.165, 1.54) is 16.7 Å². The number of allylic oxidation sites excluding steroid dienone is 3. The van der Waals surface area contributed by atoms with Crippen molar-refractivity contribution in [2.24, 2.45) is 0 Å². The lowest BCUT2D eigenvalue weighted by Crippen LogP contribution is -2.54. The van der Waals surface area contributed by atoms with Crippen LogP contribution in [0.2, 0.25) is 0 Å². The molecule has 0 amide bonds. The molecule has 2 heteroatoms. The summed E-state index contributed by atoms with van der Waals surface area (Å²) in [5.74, 6) is 0. The van der Waals surface area contributed by atoms with Crippen LogP contribution in [0.3, 0.4) is 0 Å². The molecular weight excluding hydrogens is 572 g/mol. The zero-order chi connectivity index (χ0) is 32.8. The molecule has 0 bridgehead atoms. The van der Waals surface area contributed by atoms with Gasteiger partial charge in [0.1, 0.15) is 5.60 Å². The second kappa shape index (κ2) is 13.7. The van der Waals surface area contributed by atoms with E-state index in [1.54, 1.807) is 0 Å². The fraction of sp³-hybridized carbons (Fsp3) is 0.244. The van der Waals surface area contributed by atoms with Gasteiger partial charge in [-0.1, -0.05) is 170 Å². The summed E-state index contributed by atoms with van der Waals surface area (Å²) in [7, 11) is 0. The van der Waals surface area contributed by atoms with Gasteiger partial charge in [0.15, 0.2) is 0 Å². The van der Waals surface area contributed by atoms with E-state index in [4.69, 9.17) is 9.47 Å². The van der Waals surface area contributed by atoms with E-state index in [0.717, 1.165) is 29.5 Å². The molecule has 1 aliphatic rings. The van der Waals surface area contributed by atoms with E-state index in [0.29, 0.717) is 6.61 Å². The second-order valence-electron chi connectivity index (χ2n) is 13.6. The van der Waals surface area contributed by atoms with Gasteiger partial charge in [-0.05, 0) is 73.9 Å². The molecule has 47 heavy (non-hydrogen) atoms. The molecule has 0 saturated carbocycles. The molecule has 0 atom stereocenters. The molecule has 6 rings (SSSR count). The Kier molecular flexibility index (Phi) is 9.45. The fourth-order valence-corrected chi connectivity index (χ4v) is 7.41. The van der Waals surface area contributed by atoms with Crippen molar-refractivity contribution in [3.05, 3.63) is 203 Å². The monoisotopic (exact) mass is 618 g/mol. The molecule has 0 radical (unpaired) electrons. The van der Waals surface area contributed by atoms with Gasteiger partial charge in [-0.15, -0.1) is 0 Å². The standard InChI is InChI=1S/C45H46O2/c1-42(2,47-45(39-29-17-8-18-30-39,40-31-19-9-20-32-40)41-33-21-10-22-34-41)35-46-43(3,4)44(36-23-11-5-12-24-36,37-25-13-6-14-26-37)38-27-15-7-16-28-38/h5-6,8-15,17-34H,7,16,35H2,1-4H3. The van der Waals surface area contributed by atoms with Crippen molar-refractivity contribution in [1.29, 1.82) is 0 Å². The van der Waals surface area contributed by atoms with Gasteiger partial charge in [0, 0.05) is 0 Å². The van der Waals surface area contributed by atoms with Crippen molar-refractivity contribution in [1.82, 2.24) is 0 Å². The Morgan fingerprint density at radius 1 is 0.489 bits per heavy atom. The van der Waals surface area contributed by atoms with Crippen molar-refractivity contribution in [3.63, 3.8) is 0 Å². The third kappa shape index (κ3) is 6.29. The van der Waals surface area contributed by atoms with Gasteiger partial charge in [-0.3, -0.25) is 0 Å². The molecule has 1 aliphatic carbocycles. The second-order valence-corrected chi connectivity index (χ2v) is 13.6. The number of hydrogen-bond acceptors (Lipinski definition) is 2. The van der Waals surface area contributed by atoms with E-state index < -0.39 is 22.2 Å². The quantitative estimate of drug-likeness (QED) is 0.130. The average molecular weight is 619 g/mol. The summed E-state index contributed by atoms with van der Waals surface area (Å²) in [5.41, 5.74) is 4.12. The molecule has 0 unspecified atom stereocenters. The minimum absolute atomic E-state index is 0.368. The average Bonchev–Trinajstić information content (AvgIpc) is 3.13. The molecule has 0 aromatic heterocycles. The lowest BCUT2D eigenvalue weighted by molar-refractivity contribution is -0.169. The van der Waals surface area contributed by atoms with Crippen LogP contribution in [0, 0.1) is 0 Å². The molecule has 0 aliphatic heterocycles. The topological polar surface area (TPSA) is 18.5 Å². The number of hydrogen-bond donors (Lipinski definition) is 0. The first-order valence-electron chi connectivity index (χ1n) is 16.8. The first kappa shape index (κ1) is 32.4. The van der Waals surface area contributed by atoms with Gasteiger partial charge in [0.05, 0.1) is 23.2 Å². The maximum atomic E-state index is 7.50. The molecule has 0 spiro atoms. The van der Waals surface area contributed by atoms with Crippen LogP contribution in [0.4, 0.5) is 0 Å². The van der Waals surface area contributed by atoms with Crippen LogP contribution in [0.25, 0.3) is 0 Å². The van der Waals surface area contributed by atoms with Gasteiger partial charge in [0.2, 0.25) is 0 Å². The van der Waals surface area contributed by atoms with Crippen molar-refractivity contribution in [3.8, 4) is 0 Å². The maximum Gasteiger partial charge on any atom is 0.144 e. The Bertz CT molecular complexity index is 1630. The summed E-state index contributed by atoms with van der Waals surface area (Å²) in [6.45, 7) is 9.15. The molecule has 0 N–H and O–H groups in total. The Hall–Kier alpha value is -4.50. The van der Waals surface area contributed by atoms with E-state index in [-0.39, 0.29) is 0 Å². The molecule has 0 fully saturated rings. The largest absolute Gasteiger partial charge is 0.371 e.